The molecule has 0 saturated carbocycles. The maximum atomic E-state index is 4.54. The Morgan fingerprint density at radius 3 is 2.91 bits per heavy atom. The van der Waals surface area contributed by atoms with E-state index in [2.05, 4.69) is 23.9 Å². The predicted octanol–water partition coefficient (Wildman–Crippen LogP) is 1.91. The van der Waals surface area contributed by atoms with Crippen molar-refractivity contribution in [3.8, 4) is 0 Å². The molecule has 0 atom stereocenters. The highest BCUT2D eigenvalue weighted by Gasteiger charge is 2.12. The molecule has 0 amide bonds. The highest BCUT2D eigenvalue weighted by atomic mass is 15.2. The third kappa shape index (κ3) is 2.52. The van der Waals surface area contributed by atoms with Crippen LogP contribution in [0.15, 0.2) is 4.99 Å². The third-order valence-electron chi connectivity index (χ3n) is 2.14. The summed E-state index contributed by atoms with van der Waals surface area (Å²) in [6, 6.07) is 0. The fourth-order valence-corrected chi connectivity index (χ4v) is 1.36. The standard InChI is InChI=1S/C9H18N2/c1-3-4-7-10-9-6-5-8-11(9)2/h3-8H2,1-2H3. The van der Waals surface area contributed by atoms with Crippen molar-refractivity contribution in [3.05, 3.63) is 0 Å². The van der Waals surface area contributed by atoms with Gasteiger partial charge in [0, 0.05) is 26.6 Å². The van der Waals surface area contributed by atoms with Crippen LogP contribution in [0.5, 0.6) is 0 Å². The van der Waals surface area contributed by atoms with Crippen molar-refractivity contribution < 1.29 is 0 Å². The lowest BCUT2D eigenvalue weighted by Gasteiger charge is -2.10. The number of likely N-dealkylation sites (tertiary alicyclic amines) is 1. The van der Waals surface area contributed by atoms with Crippen LogP contribution in [-0.4, -0.2) is 30.9 Å². The molecule has 1 fully saturated rings. The van der Waals surface area contributed by atoms with Crippen LogP contribution in [0.4, 0.5) is 0 Å². The molecule has 2 heteroatoms. The monoisotopic (exact) mass is 154 g/mol. The van der Waals surface area contributed by atoms with Gasteiger partial charge in [-0.1, -0.05) is 13.3 Å². The van der Waals surface area contributed by atoms with Gasteiger partial charge in [-0.2, -0.15) is 0 Å². The molecular formula is C9H18N2. The van der Waals surface area contributed by atoms with Crippen LogP contribution in [0.1, 0.15) is 32.6 Å². The van der Waals surface area contributed by atoms with E-state index in [4.69, 9.17) is 0 Å². The van der Waals surface area contributed by atoms with Gasteiger partial charge in [0.1, 0.15) is 0 Å². The number of aliphatic imine (C=N–C) groups is 1. The second kappa shape index (κ2) is 4.37. The van der Waals surface area contributed by atoms with E-state index in [0.717, 1.165) is 6.54 Å². The summed E-state index contributed by atoms with van der Waals surface area (Å²) >= 11 is 0. The Bertz CT molecular complexity index is 140. The molecule has 0 bridgehead atoms. The fraction of sp³-hybridized carbons (Fsp3) is 0.889. The summed E-state index contributed by atoms with van der Waals surface area (Å²) in [5.41, 5.74) is 0. The van der Waals surface area contributed by atoms with E-state index in [1.807, 2.05) is 0 Å². The number of unbranched alkanes of at least 4 members (excludes halogenated alkanes) is 1. The second-order valence-corrected chi connectivity index (χ2v) is 3.18. The van der Waals surface area contributed by atoms with Gasteiger partial charge in [0.05, 0.1) is 5.84 Å². The van der Waals surface area contributed by atoms with Crippen molar-refractivity contribution >= 4 is 5.84 Å². The van der Waals surface area contributed by atoms with Crippen molar-refractivity contribution in [2.75, 3.05) is 20.1 Å². The van der Waals surface area contributed by atoms with Gasteiger partial charge in [-0.3, -0.25) is 4.99 Å². The molecule has 64 valence electrons. The van der Waals surface area contributed by atoms with E-state index in [1.54, 1.807) is 0 Å². The number of amidine groups is 1. The smallest absolute Gasteiger partial charge is 0.0986 e. The van der Waals surface area contributed by atoms with Gasteiger partial charge in [-0.25, -0.2) is 0 Å². The molecule has 0 aliphatic carbocycles. The van der Waals surface area contributed by atoms with Crippen molar-refractivity contribution in [1.29, 1.82) is 0 Å². The van der Waals surface area contributed by atoms with Crippen LogP contribution in [0.3, 0.4) is 0 Å². The van der Waals surface area contributed by atoms with Gasteiger partial charge < -0.3 is 4.90 Å². The van der Waals surface area contributed by atoms with E-state index in [9.17, 15) is 0 Å². The lowest BCUT2D eigenvalue weighted by Crippen LogP contribution is -2.19. The third-order valence-corrected chi connectivity index (χ3v) is 2.14. The van der Waals surface area contributed by atoms with E-state index in [1.165, 1.54) is 38.1 Å². The number of hydrogen-bond acceptors (Lipinski definition) is 1. The quantitative estimate of drug-likeness (QED) is 0.567. The minimum absolute atomic E-state index is 1.02. The van der Waals surface area contributed by atoms with E-state index in [0.29, 0.717) is 0 Å². The molecular weight excluding hydrogens is 136 g/mol. The molecule has 1 aliphatic rings. The summed E-state index contributed by atoms with van der Waals surface area (Å²) in [7, 11) is 2.14. The molecule has 1 heterocycles. The van der Waals surface area contributed by atoms with Crippen LogP contribution in [0.25, 0.3) is 0 Å². The van der Waals surface area contributed by atoms with Gasteiger partial charge in [0.25, 0.3) is 0 Å². The van der Waals surface area contributed by atoms with Crippen molar-refractivity contribution in [1.82, 2.24) is 4.90 Å². The molecule has 0 aromatic carbocycles. The molecule has 1 aliphatic heterocycles. The van der Waals surface area contributed by atoms with Crippen molar-refractivity contribution in [3.63, 3.8) is 0 Å². The minimum Gasteiger partial charge on any atom is -0.363 e. The molecule has 0 spiro atoms. The molecule has 1 rings (SSSR count). The first-order valence-corrected chi connectivity index (χ1v) is 4.59. The van der Waals surface area contributed by atoms with Crippen molar-refractivity contribution in [2.24, 2.45) is 4.99 Å². The largest absolute Gasteiger partial charge is 0.363 e. The zero-order valence-corrected chi connectivity index (χ0v) is 7.64. The van der Waals surface area contributed by atoms with Crippen LogP contribution in [0.2, 0.25) is 0 Å². The Morgan fingerprint density at radius 2 is 2.36 bits per heavy atom. The van der Waals surface area contributed by atoms with Gasteiger partial charge in [-0.15, -0.1) is 0 Å². The van der Waals surface area contributed by atoms with Gasteiger partial charge in [-0.05, 0) is 12.8 Å². The minimum atomic E-state index is 1.02. The van der Waals surface area contributed by atoms with Crippen LogP contribution in [0, 0.1) is 0 Å². The van der Waals surface area contributed by atoms with Gasteiger partial charge in [0.15, 0.2) is 0 Å². The van der Waals surface area contributed by atoms with E-state index >= 15 is 0 Å². The van der Waals surface area contributed by atoms with Crippen molar-refractivity contribution in [2.45, 2.75) is 32.6 Å². The summed E-state index contributed by atoms with van der Waals surface area (Å²) in [6.07, 6.45) is 4.97. The molecule has 0 aromatic rings. The topological polar surface area (TPSA) is 15.6 Å². The Hall–Kier alpha value is -0.530. The number of hydrogen-bond donors (Lipinski definition) is 0. The summed E-state index contributed by atoms with van der Waals surface area (Å²) < 4.78 is 0. The number of nitrogens with zero attached hydrogens (tertiary/aromatic N) is 2. The van der Waals surface area contributed by atoms with Crippen LogP contribution >= 0.6 is 0 Å². The lowest BCUT2D eigenvalue weighted by atomic mass is 10.3. The lowest BCUT2D eigenvalue weighted by molar-refractivity contribution is 0.547. The van der Waals surface area contributed by atoms with Gasteiger partial charge >= 0.3 is 0 Å². The molecule has 0 aromatic heterocycles. The number of rotatable bonds is 3. The van der Waals surface area contributed by atoms with E-state index < -0.39 is 0 Å². The highest BCUT2D eigenvalue weighted by Crippen LogP contribution is 2.08. The highest BCUT2D eigenvalue weighted by molar-refractivity contribution is 5.83. The summed E-state index contributed by atoms with van der Waals surface area (Å²) in [5.74, 6) is 1.32. The molecule has 0 unspecified atom stereocenters. The Balaban J connectivity index is 2.27. The first-order valence-electron chi connectivity index (χ1n) is 4.59. The predicted molar refractivity (Wildman–Crippen MR) is 49.1 cm³/mol. The summed E-state index contributed by atoms with van der Waals surface area (Å²) in [5, 5.41) is 0. The second-order valence-electron chi connectivity index (χ2n) is 3.18. The zero-order valence-electron chi connectivity index (χ0n) is 7.64. The normalized spacial score (nSPS) is 21.6. The maximum absolute atomic E-state index is 4.54. The fourth-order valence-electron chi connectivity index (χ4n) is 1.36. The molecule has 0 N–H and O–H groups in total. The summed E-state index contributed by atoms with van der Waals surface area (Å²) in [4.78, 5) is 6.81. The molecule has 1 saturated heterocycles. The molecule has 11 heavy (non-hydrogen) atoms. The molecule has 0 radical (unpaired) electrons. The summed E-state index contributed by atoms with van der Waals surface area (Å²) in [6.45, 7) is 4.43. The van der Waals surface area contributed by atoms with Crippen LogP contribution < -0.4 is 0 Å². The SMILES string of the molecule is CCCCN=C1CCCN1C. The average molecular weight is 154 g/mol. The zero-order chi connectivity index (χ0) is 8.10. The first kappa shape index (κ1) is 8.57. The maximum Gasteiger partial charge on any atom is 0.0986 e. The first-order chi connectivity index (χ1) is 5.34. The van der Waals surface area contributed by atoms with Gasteiger partial charge in [0.2, 0.25) is 0 Å². The Kier molecular flexibility index (Phi) is 3.40. The molecule has 2 nitrogen and oxygen atoms in total. The van der Waals surface area contributed by atoms with E-state index in [-0.39, 0.29) is 0 Å². The Morgan fingerprint density at radius 1 is 1.55 bits per heavy atom. The average Bonchev–Trinajstić information content (AvgIpc) is 2.37. The van der Waals surface area contributed by atoms with Crippen LogP contribution in [-0.2, 0) is 0 Å². The Labute approximate surface area is 69.3 Å².